The molecule has 1 unspecified atom stereocenters. The number of likely N-dealkylation sites (N-methyl/N-ethyl adjacent to an activating group) is 1. The molecule has 2 N–H and O–H groups in total. The topological polar surface area (TPSA) is 29.3 Å². The molecule has 0 fully saturated rings. The predicted octanol–water partition coefficient (Wildman–Crippen LogP) is 3.15. The highest BCUT2D eigenvalue weighted by molar-refractivity contribution is 5.28. The average molecular weight is 234 g/mol. The van der Waals surface area contributed by atoms with Crippen LogP contribution in [0.5, 0.6) is 0 Å². The molecule has 0 amide bonds. The van der Waals surface area contributed by atoms with Crippen molar-refractivity contribution >= 4 is 0 Å². The Morgan fingerprint density at radius 1 is 1.00 bits per heavy atom. The molecule has 17 heavy (non-hydrogen) atoms. The van der Waals surface area contributed by atoms with Crippen LogP contribution in [-0.2, 0) is 0 Å². The van der Waals surface area contributed by atoms with Crippen LogP contribution in [0.25, 0.3) is 0 Å². The van der Waals surface area contributed by atoms with Gasteiger partial charge in [0.15, 0.2) is 0 Å². The normalized spacial score (nSPS) is 14.4. The van der Waals surface area contributed by atoms with E-state index in [-0.39, 0.29) is 11.6 Å². The summed E-state index contributed by atoms with van der Waals surface area (Å²) in [6.07, 6.45) is 0. The van der Waals surface area contributed by atoms with E-state index < -0.39 is 0 Å². The second-order valence-electron chi connectivity index (χ2n) is 5.85. The van der Waals surface area contributed by atoms with Crippen molar-refractivity contribution in [2.45, 2.75) is 45.2 Å². The standard InChI is InChI=1S/C15H26N2/c1-11(2)12-7-9-13(10-8-12)14(16)15(3,4)17(5)6/h7-11,14H,16H2,1-6H3. The van der Waals surface area contributed by atoms with E-state index in [1.54, 1.807) is 0 Å². The van der Waals surface area contributed by atoms with Crippen molar-refractivity contribution in [2.75, 3.05) is 14.1 Å². The van der Waals surface area contributed by atoms with Gasteiger partial charge in [-0.3, -0.25) is 0 Å². The molecule has 2 nitrogen and oxygen atoms in total. The average Bonchev–Trinajstić information content (AvgIpc) is 2.27. The summed E-state index contributed by atoms with van der Waals surface area (Å²) in [4.78, 5) is 2.17. The van der Waals surface area contributed by atoms with Crippen molar-refractivity contribution in [2.24, 2.45) is 5.73 Å². The van der Waals surface area contributed by atoms with E-state index >= 15 is 0 Å². The van der Waals surface area contributed by atoms with E-state index in [0.717, 1.165) is 0 Å². The molecule has 1 atom stereocenters. The third-order valence-electron chi connectivity index (χ3n) is 3.88. The van der Waals surface area contributed by atoms with Crippen molar-refractivity contribution in [1.29, 1.82) is 0 Å². The molecule has 0 aliphatic carbocycles. The number of benzene rings is 1. The molecule has 0 aliphatic rings. The van der Waals surface area contributed by atoms with Gasteiger partial charge in [0, 0.05) is 11.6 Å². The molecule has 0 spiro atoms. The van der Waals surface area contributed by atoms with Crippen molar-refractivity contribution in [3.63, 3.8) is 0 Å². The first-order chi connectivity index (χ1) is 7.76. The lowest BCUT2D eigenvalue weighted by molar-refractivity contribution is 0.159. The van der Waals surface area contributed by atoms with Crippen LogP contribution >= 0.6 is 0 Å². The van der Waals surface area contributed by atoms with Gasteiger partial charge in [-0.25, -0.2) is 0 Å². The first-order valence-corrected chi connectivity index (χ1v) is 6.29. The Bertz CT molecular complexity index is 350. The molecule has 0 aliphatic heterocycles. The highest BCUT2D eigenvalue weighted by Gasteiger charge is 2.29. The van der Waals surface area contributed by atoms with E-state index in [0.29, 0.717) is 5.92 Å². The smallest absolute Gasteiger partial charge is 0.0476 e. The summed E-state index contributed by atoms with van der Waals surface area (Å²) in [7, 11) is 4.14. The van der Waals surface area contributed by atoms with Crippen LogP contribution in [0.1, 0.15) is 50.8 Å². The fraction of sp³-hybridized carbons (Fsp3) is 0.600. The van der Waals surface area contributed by atoms with Gasteiger partial charge in [-0.1, -0.05) is 38.1 Å². The fourth-order valence-corrected chi connectivity index (χ4v) is 1.77. The Kier molecular flexibility index (Phi) is 4.34. The SMILES string of the molecule is CC(C)c1ccc(C(N)C(C)(C)N(C)C)cc1. The van der Waals surface area contributed by atoms with Crippen molar-refractivity contribution in [3.8, 4) is 0 Å². The molecule has 0 saturated heterocycles. The van der Waals surface area contributed by atoms with Crippen LogP contribution in [0.15, 0.2) is 24.3 Å². The van der Waals surface area contributed by atoms with Gasteiger partial charge < -0.3 is 10.6 Å². The molecule has 1 aromatic rings. The summed E-state index contributed by atoms with van der Waals surface area (Å²) in [6, 6.07) is 8.71. The molecule has 0 radical (unpaired) electrons. The van der Waals surface area contributed by atoms with Gasteiger partial charge >= 0.3 is 0 Å². The largest absolute Gasteiger partial charge is 0.322 e. The number of nitrogens with zero attached hydrogens (tertiary/aromatic N) is 1. The van der Waals surface area contributed by atoms with E-state index in [9.17, 15) is 0 Å². The highest BCUT2D eigenvalue weighted by Crippen LogP contribution is 2.28. The molecule has 0 heterocycles. The zero-order valence-corrected chi connectivity index (χ0v) is 12.0. The molecular weight excluding hydrogens is 208 g/mol. The van der Waals surface area contributed by atoms with Gasteiger partial charge in [0.2, 0.25) is 0 Å². The Hall–Kier alpha value is -0.860. The highest BCUT2D eigenvalue weighted by atomic mass is 15.2. The molecule has 1 rings (SSSR count). The third kappa shape index (κ3) is 3.08. The van der Waals surface area contributed by atoms with E-state index in [4.69, 9.17) is 5.73 Å². The summed E-state index contributed by atoms with van der Waals surface area (Å²) in [5.41, 5.74) is 8.88. The van der Waals surface area contributed by atoms with Crippen LogP contribution < -0.4 is 5.73 Å². The van der Waals surface area contributed by atoms with Gasteiger partial charge in [0.25, 0.3) is 0 Å². The maximum Gasteiger partial charge on any atom is 0.0476 e. The molecule has 1 aromatic carbocycles. The first-order valence-electron chi connectivity index (χ1n) is 6.29. The fourth-order valence-electron chi connectivity index (χ4n) is 1.77. The Morgan fingerprint density at radius 2 is 1.41 bits per heavy atom. The lowest BCUT2D eigenvalue weighted by Crippen LogP contribution is -2.47. The molecule has 0 bridgehead atoms. The second kappa shape index (κ2) is 5.19. The maximum atomic E-state index is 6.36. The number of hydrogen-bond donors (Lipinski definition) is 1. The Balaban J connectivity index is 2.94. The van der Waals surface area contributed by atoms with E-state index in [2.05, 4.69) is 71.0 Å². The lowest BCUT2D eigenvalue weighted by atomic mass is 9.87. The minimum absolute atomic E-state index is 0.0266. The maximum absolute atomic E-state index is 6.36. The molecule has 96 valence electrons. The lowest BCUT2D eigenvalue weighted by Gasteiger charge is -2.38. The molecule has 2 heteroatoms. The van der Waals surface area contributed by atoms with E-state index in [1.165, 1.54) is 11.1 Å². The summed E-state index contributed by atoms with van der Waals surface area (Å²) in [5.74, 6) is 0.571. The molecular formula is C15H26N2. The van der Waals surface area contributed by atoms with Gasteiger partial charge in [0.05, 0.1) is 0 Å². The predicted molar refractivity (Wildman–Crippen MR) is 75.2 cm³/mol. The summed E-state index contributed by atoms with van der Waals surface area (Å²) >= 11 is 0. The molecule has 0 aromatic heterocycles. The summed E-state index contributed by atoms with van der Waals surface area (Å²) in [6.45, 7) is 8.76. The zero-order chi connectivity index (χ0) is 13.2. The number of nitrogens with two attached hydrogens (primary N) is 1. The van der Waals surface area contributed by atoms with Crippen LogP contribution in [0, 0.1) is 0 Å². The minimum Gasteiger partial charge on any atom is -0.322 e. The zero-order valence-electron chi connectivity index (χ0n) is 12.0. The van der Waals surface area contributed by atoms with Crippen molar-refractivity contribution < 1.29 is 0 Å². The molecule has 0 saturated carbocycles. The van der Waals surface area contributed by atoms with Crippen LogP contribution in [0.2, 0.25) is 0 Å². The van der Waals surface area contributed by atoms with Crippen LogP contribution in [-0.4, -0.2) is 24.5 Å². The minimum atomic E-state index is -0.0423. The monoisotopic (exact) mass is 234 g/mol. The Labute approximate surface area is 106 Å². The van der Waals surface area contributed by atoms with Gasteiger partial charge in [-0.15, -0.1) is 0 Å². The van der Waals surface area contributed by atoms with Crippen molar-refractivity contribution in [1.82, 2.24) is 4.90 Å². The van der Waals surface area contributed by atoms with Crippen molar-refractivity contribution in [3.05, 3.63) is 35.4 Å². The summed E-state index contributed by atoms with van der Waals surface area (Å²) in [5, 5.41) is 0. The quantitative estimate of drug-likeness (QED) is 0.867. The van der Waals surface area contributed by atoms with Gasteiger partial charge in [-0.2, -0.15) is 0 Å². The third-order valence-corrected chi connectivity index (χ3v) is 3.88. The van der Waals surface area contributed by atoms with E-state index in [1.807, 2.05) is 0 Å². The number of rotatable bonds is 4. The van der Waals surface area contributed by atoms with Gasteiger partial charge in [-0.05, 0) is 45.0 Å². The number of hydrogen-bond acceptors (Lipinski definition) is 2. The van der Waals surface area contributed by atoms with Crippen LogP contribution in [0.4, 0.5) is 0 Å². The Morgan fingerprint density at radius 3 is 1.76 bits per heavy atom. The van der Waals surface area contributed by atoms with Gasteiger partial charge in [0.1, 0.15) is 0 Å². The van der Waals surface area contributed by atoms with Crippen LogP contribution in [0.3, 0.4) is 0 Å². The summed E-state index contributed by atoms with van der Waals surface area (Å²) < 4.78 is 0. The second-order valence-corrected chi connectivity index (χ2v) is 5.85. The first kappa shape index (κ1) is 14.2.